The van der Waals surface area contributed by atoms with Crippen LogP contribution in [-0.2, 0) is 10.1 Å². The second kappa shape index (κ2) is 6.53. The van der Waals surface area contributed by atoms with Gasteiger partial charge in [0.15, 0.2) is 0 Å². The summed E-state index contributed by atoms with van der Waals surface area (Å²) in [6, 6.07) is 2.21. The van der Waals surface area contributed by atoms with Crippen molar-refractivity contribution in [3.63, 3.8) is 0 Å². The number of aryl methyl sites for hydroxylation is 1. The van der Waals surface area contributed by atoms with Crippen LogP contribution in [0, 0.1) is 12.8 Å². The molecule has 3 nitrogen and oxygen atoms in total. The standard InChI is InChI=1S/C14H21BrN2O/c1-11-7-13(8-15)9-16-14(11)17(2)10-12-3-5-18-6-4-12/h7,9,12H,3-6,8,10H2,1-2H3. The molecule has 1 aromatic rings. The zero-order chi connectivity index (χ0) is 13.0. The van der Waals surface area contributed by atoms with Gasteiger partial charge in [0.2, 0.25) is 0 Å². The zero-order valence-corrected chi connectivity index (χ0v) is 12.7. The molecule has 0 atom stereocenters. The zero-order valence-electron chi connectivity index (χ0n) is 11.2. The fraction of sp³-hybridized carbons (Fsp3) is 0.643. The van der Waals surface area contributed by atoms with Crippen LogP contribution in [0.5, 0.6) is 0 Å². The second-order valence-electron chi connectivity index (χ2n) is 5.05. The number of anilines is 1. The van der Waals surface area contributed by atoms with Gasteiger partial charge >= 0.3 is 0 Å². The summed E-state index contributed by atoms with van der Waals surface area (Å²) in [6.07, 6.45) is 4.29. The first-order valence-corrected chi connectivity index (χ1v) is 7.63. The van der Waals surface area contributed by atoms with Gasteiger partial charge in [-0.25, -0.2) is 4.98 Å². The van der Waals surface area contributed by atoms with E-state index in [2.05, 4.69) is 45.9 Å². The maximum atomic E-state index is 5.40. The maximum absolute atomic E-state index is 5.40. The molecule has 100 valence electrons. The number of alkyl halides is 1. The summed E-state index contributed by atoms with van der Waals surface area (Å²) in [6.45, 7) is 5.03. The lowest BCUT2D eigenvalue weighted by molar-refractivity contribution is 0.0685. The van der Waals surface area contributed by atoms with E-state index in [9.17, 15) is 0 Å². The molecule has 1 aliphatic rings. The van der Waals surface area contributed by atoms with Gasteiger partial charge in [0.1, 0.15) is 5.82 Å². The van der Waals surface area contributed by atoms with Crippen molar-refractivity contribution in [2.75, 3.05) is 31.7 Å². The van der Waals surface area contributed by atoms with Crippen LogP contribution >= 0.6 is 15.9 Å². The average molecular weight is 313 g/mol. The highest BCUT2D eigenvalue weighted by Crippen LogP contribution is 2.22. The summed E-state index contributed by atoms with van der Waals surface area (Å²) < 4.78 is 5.40. The predicted octanol–water partition coefficient (Wildman–Crippen LogP) is 3.15. The van der Waals surface area contributed by atoms with E-state index >= 15 is 0 Å². The van der Waals surface area contributed by atoms with Gasteiger partial charge in [0.25, 0.3) is 0 Å². The Hall–Kier alpha value is -0.610. The number of hydrogen-bond donors (Lipinski definition) is 0. The number of hydrogen-bond acceptors (Lipinski definition) is 3. The van der Waals surface area contributed by atoms with Crippen molar-refractivity contribution in [3.8, 4) is 0 Å². The molecule has 0 aliphatic carbocycles. The van der Waals surface area contributed by atoms with Crippen LogP contribution < -0.4 is 4.90 Å². The van der Waals surface area contributed by atoms with Crippen LogP contribution in [0.2, 0.25) is 0 Å². The normalized spacial score (nSPS) is 16.8. The molecule has 1 saturated heterocycles. The molecule has 0 N–H and O–H groups in total. The fourth-order valence-corrected chi connectivity index (χ4v) is 2.81. The van der Waals surface area contributed by atoms with Gasteiger partial charge < -0.3 is 9.64 Å². The third-order valence-electron chi connectivity index (χ3n) is 3.50. The summed E-state index contributed by atoms with van der Waals surface area (Å²) in [7, 11) is 2.14. The van der Waals surface area contributed by atoms with Crippen molar-refractivity contribution in [1.29, 1.82) is 0 Å². The summed E-state index contributed by atoms with van der Waals surface area (Å²) in [4.78, 5) is 6.86. The molecule has 18 heavy (non-hydrogen) atoms. The molecule has 1 aromatic heterocycles. The Labute approximate surface area is 118 Å². The van der Waals surface area contributed by atoms with Crippen molar-refractivity contribution in [1.82, 2.24) is 4.98 Å². The summed E-state index contributed by atoms with van der Waals surface area (Å²) >= 11 is 3.47. The third kappa shape index (κ3) is 3.45. The van der Waals surface area contributed by atoms with E-state index in [0.717, 1.165) is 36.8 Å². The van der Waals surface area contributed by atoms with Gasteiger partial charge in [-0.1, -0.05) is 22.0 Å². The second-order valence-corrected chi connectivity index (χ2v) is 5.61. The minimum absolute atomic E-state index is 0.737. The van der Waals surface area contributed by atoms with Crippen LogP contribution in [0.25, 0.3) is 0 Å². The number of nitrogens with zero attached hydrogens (tertiary/aromatic N) is 2. The largest absolute Gasteiger partial charge is 0.381 e. The van der Waals surface area contributed by atoms with Gasteiger partial charge in [-0.15, -0.1) is 0 Å². The highest BCUT2D eigenvalue weighted by Gasteiger charge is 2.17. The van der Waals surface area contributed by atoms with Crippen molar-refractivity contribution in [2.45, 2.75) is 25.1 Å². The summed E-state index contributed by atoms with van der Waals surface area (Å²) in [5.74, 6) is 1.84. The Bertz CT molecular complexity index is 391. The summed E-state index contributed by atoms with van der Waals surface area (Å²) in [5, 5.41) is 0.866. The lowest BCUT2D eigenvalue weighted by atomic mass is 10.00. The Morgan fingerprint density at radius 2 is 2.17 bits per heavy atom. The lowest BCUT2D eigenvalue weighted by Gasteiger charge is -2.28. The topological polar surface area (TPSA) is 25.4 Å². The quantitative estimate of drug-likeness (QED) is 0.799. The molecule has 0 unspecified atom stereocenters. The Kier molecular flexibility index (Phi) is 5.01. The Morgan fingerprint density at radius 1 is 1.44 bits per heavy atom. The first kappa shape index (κ1) is 13.8. The number of pyridine rings is 1. The molecule has 0 radical (unpaired) electrons. The molecule has 4 heteroatoms. The minimum atomic E-state index is 0.737. The van der Waals surface area contributed by atoms with Crippen molar-refractivity contribution < 1.29 is 4.74 Å². The van der Waals surface area contributed by atoms with Gasteiger partial charge in [0, 0.05) is 38.3 Å². The molecular weight excluding hydrogens is 292 g/mol. The van der Waals surface area contributed by atoms with E-state index in [0.29, 0.717) is 0 Å². The minimum Gasteiger partial charge on any atom is -0.381 e. The fourth-order valence-electron chi connectivity index (χ4n) is 2.50. The van der Waals surface area contributed by atoms with Gasteiger partial charge in [-0.05, 0) is 36.8 Å². The molecule has 1 fully saturated rings. The van der Waals surface area contributed by atoms with Crippen LogP contribution in [0.3, 0.4) is 0 Å². The number of rotatable bonds is 4. The molecule has 2 rings (SSSR count). The van der Waals surface area contributed by atoms with Crippen molar-refractivity contribution in [3.05, 3.63) is 23.4 Å². The van der Waals surface area contributed by atoms with Crippen LogP contribution in [0.4, 0.5) is 5.82 Å². The van der Waals surface area contributed by atoms with Crippen LogP contribution in [0.15, 0.2) is 12.3 Å². The average Bonchev–Trinajstić information content (AvgIpc) is 2.39. The first-order valence-electron chi connectivity index (χ1n) is 6.51. The third-order valence-corrected chi connectivity index (χ3v) is 4.14. The molecule has 0 aromatic carbocycles. The van der Waals surface area contributed by atoms with Crippen molar-refractivity contribution in [2.24, 2.45) is 5.92 Å². The molecule has 2 heterocycles. The molecule has 0 amide bonds. The molecule has 0 spiro atoms. The SMILES string of the molecule is Cc1cc(CBr)cnc1N(C)CC1CCOCC1. The first-order chi connectivity index (χ1) is 8.70. The van der Waals surface area contributed by atoms with Crippen molar-refractivity contribution >= 4 is 21.7 Å². The molecule has 1 aliphatic heterocycles. The van der Waals surface area contributed by atoms with Gasteiger partial charge in [-0.2, -0.15) is 0 Å². The van der Waals surface area contributed by atoms with E-state index in [1.54, 1.807) is 0 Å². The smallest absolute Gasteiger partial charge is 0.131 e. The predicted molar refractivity (Wildman–Crippen MR) is 78.4 cm³/mol. The maximum Gasteiger partial charge on any atom is 0.131 e. The highest BCUT2D eigenvalue weighted by molar-refractivity contribution is 9.08. The van der Waals surface area contributed by atoms with E-state index in [4.69, 9.17) is 4.74 Å². The van der Waals surface area contributed by atoms with E-state index in [-0.39, 0.29) is 0 Å². The van der Waals surface area contributed by atoms with Crippen LogP contribution in [0.1, 0.15) is 24.0 Å². The summed E-state index contributed by atoms with van der Waals surface area (Å²) in [5.41, 5.74) is 2.48. The Morgan fingerprint density at radius 3 is 2.78 bits per heavy atom. The number of ether oxygens (including phenoxy) is 1. The van der Waals surface area contributed by atoms with Gasteiger partial charge in [0.05, 0.1) is 0 Å². The van der Waals surface area contributed by atoms with E-state index < -0.39 is 0 Å². The molecule has 0 bridgehead atoms. The number of aromatic nitrogens is 1. The van der Waals surface area contributed by atoms with E-state index in [1.165, 1.54) is 24.0 Å². The van der Waals surface area contributed by atoms with Gasteiger partial charge in [-0.3, -0.25) is 0 Å². The van der Waals surface area contributed by atoms with Crippen LogP contribution in [-0.4, -0.2) is 31.8 Å². The Balaban J connectivity index is 2.01. The molecule has 0 saturated carbocycles. The monoisotopic (exact) mass is 312 g/mol. The number of halogens is 1. The molecular formula is C14H21BrN2O. The van der Waals surface area contributed by atoms with E-state index in [1.807, 2.05) is 6.20 Å². The lowest BCUT2D eigenvalue weighted by Crippen LogP contribution is -2.30. The highest BCUT2D eigenvalue weighted by atomic mass is 79.9.